The first kappa shape index (κ1) is 15.4. The molecule has 1 atom stereocenters. The SMILES string of the molecule is CCC(N)CC(=O)N(C)CCOc1cccc(F)c1. The van der Waals surface area contributed by atoms with Gasteiger partial charge in [0, 0.05) is 25.6 Å². The third-order valence-electron chi connectivity index (χ3n) is 2.88. The van der Waals surface area contributed by atoms with E-state index in [0.717, 1.165) is 6.42 Å². The van der Waals surface area contributed by atoms with E-state index >= 15 is 0 Å². The molecule has 0 aliphatic rings. The van der Waals surface area contributed by atoms with Crippen molar-refractivity contribution in [1.82, 2.24) is 4.90 Å². The molecule has 1 unspecified atom stereocenters. The lowest BCUT2D eigenvalue weighted by Crippen LogP contribution is -2.35. The molecule has 1 amide bonds. The molecule has 1 aromatic rings. The Bertz CT molecular complexity index is 412. The summed E-state index contributed by atoms with van der Waals surface area (Å²) in [6.45, 7) is 2.73. The van der Waals surface area contributed by atoms with Crippen molar-refractivity contribution in [3.63, 3.8) is 0 Å². The molecule has 19 heavy (non-hydrogen) atoms. The lowest BCUT2D eigenvalue weighted by molar-refractivity contribution is -0.130. The van der Waals surface area contributed by atoms with Crippen LogP contribution in [0.2, 0.25) is 0 Å². The van der Waals surface area contributed by atoms with Gasteiger partial charge in [0.2, 0.25) is 5.91 Å². The average Bonchev–Trinajstić information content (AvgIpc) is 2.38. The van der Waals surface area contributed by atoms with Crippen molar-refractivity contribution in [2.75, 3.05) is 20.2 Å². The molecule has 0 fully saturated rings. The maximum atomic E-state index is 12.9. The van der Waals surface area contributed by atoms with Crippen molar-refractivity contribution in [3.8, 4) is 5.75 Å². The number of rotatable bonds is 7. The Hall–Kier alpha value is -1.62. The highest BCUT2D eigenvalue weighted by Gasteiger charge is 2.12. The van der Waals surface area contributed by atoms with Gasteiger partial charge in [-0.05, 0) is 18.6 Å². The molecule has 0 radical (unpaired) electrons. The van der Waals surface area contributed by atoms with E-state index in [1.807, 2.05) is 6.92 Å². The van der Waals surface area contributed by atoms with E-state index in [1.165, 1.54) is 12.1 Å². The summed E-state index contributed by atoms with van der Waals surface area (Å²) in [6, 6.07) is 5.83. The second-order valence-corrected chi connectivity index (χ2v) is 4.49. The van der Waals surface area contributed by atoms with Crippen molar-refractivity contribution < 1.29 is 13.9 Å². The highest BCUT2D eigenvalue weighted by Crippen LogP contribution is 2.11. The van der Waals surface area contributed by atoms with Crippen molar-refractivity contribution in [2.24, 2.45) is 5.73 Å². The maximum Gasteiger partial charge on any atom is 0.223 e. The lowest BCUT2D eigenvalue weighted by Gasteiger charge is -2.19. The first-order valence-corrected chi connectivity index (χ1v) is 6.40. The van der Waals surface area contributed by atoms with Crippen LogP contribution in [0.5, 0.6) is 5.75 Å². The van der Waals surface area contributed by atoms with Crippen LogP contribution in [0.4, 0.5) is 4.39 Å². The van der Waals surface area contributed by atoms with E-state index in [2.05, 4.69) is 0 Å². The Morgan fingerprint density at radius 2 is 2.26 bits per heavy atom. The van der Waals surface area contributed by atoms with Gasteiger partial charge in [-0.25, -0.2) is 4.39 Å². The zero-order valence-electron chi connectivity index (χ0n) is 11.4. The standard InChI is InChI=1S/C14H21FN2O2/c1-3-12(16)10-14(18)17(2)7-8-19-13-6-4-5-11(15)9-13/h4-6,9,12H,3,7-8,10,16H2,1-2H3. The minimum atomic E-state index is -0.337. The Balaban J connectivity index is 2.30. The first-order valence-electron chi connectivity index (χ1n) is 6.40. The molecule has 0 saturated heterocycles. The van der Waals surface area contributed by atoms with E-state index in [-0.39, 0.29) is 17.8 Å². The number of nitrogens with zero attached hydrogens (tertiary/aromatic N) is 1. The van der Waals surface area contributed by atoms with Crippen LogP contribution in [0, 0.1) is 5.82 Å². The second-order valence-electron chi connectivity index (χ2n) is 4.49. The van der Waals surface area contributed by atoms with E-state index in [9.17, 15) is 9.18 Å². The van der Waals surface area contributed by atoms with Gasteiger partial charge in [-0.2, -0.15) is 0 Å². The minimum absolute atomic E-state index is 0.00260. The van der Waals surface area contributed by atoms with E-state index in [1.54, 1.807) is 24.1 Å². The summed E-state index contributed by atoms with van der Waals surface area (Å²) in [5.74, 6) is 0.124. The summed E-state index contributed by atoms with van der Waals surface area (Å²) >= 11 is 0. The third kappa shape index (κ3) is 5.70. The van der Waals surface area contributed by atoms with Crippen LogP contribution in [0.1, 0.15) is 19.8 Å². The van der Waals surface area contributed by atoms with Crippen molar-refractivity contribution in [3.05, 3.63) is 30.1 Å². The van der Waals surface area contributed by atoms with Crippen LogP contribution in [-0.2, 0) is 4.79 Å². The van der Waals surface area contributed by atoms with Gasteiger partial charge in [-0.1, -0.05) is 13.0 Å². The number of benzene rings is 1. The predicted octanol–water partition coefficient (Wildman–Crippen LogP) is 1.79. The Morgan fingerprint density at radius 1 is 1.53 bits per heavy atom. The topological polar surface area (TPSA) is 55.6 Å². The molecule has 0 aromatic heterocycles. The maximum absolute atomic E-state index is 12.9. The van der Waals surface area contributed by atoms with Gasteiger partial charge in [0.05, 0.1) is 6.54 Å². The van der Waals surface area contributed by atoms with E-state index in [0.29, 0.717) is 25.3 Å². The number of nitrogens with two attached hydrogens (primary N) is 1. The van der Waals surface area contributed by atoms with Gasteiger partial charge < -0.3 is 15.4 Å². The van der Waals surface area contributed by atoms with Crippen LogP contribution in [0.15, 0.2) is 24.3 Å². The molecule has 4 nitrogen and oxygen atoms in total. The fourth-order valence-electron chi connectivity index (χ4n) is 1.51. The molecule has 0 aliphatic heterocycles. The number of carbonyl (C=O) groups is 1. The van der Waals surface area contributed by atoms with E-state index in [4.69, 9.17) is 10.5 Å². The zero-order chi connectivity index (χ0) is 14.3. The number of carbonyl (C=O) groups excluding carboxylic acids is 1. The van der Waals surface area contributed by atoms with Crippen LogP contribution >= 0.6 is 0 Å². The largest absolute Gasteiger partial charge is 0.492 e. The number of likely N-dealkylation sites (N-methyl/N-ethyl adjacent to an activating group) is 1. The third-order valence-corrected chi connectivity index (χ3v) is 2.88. The van der Waals surface area contributed by atoms with Crippen LogP contribution in [0.25, 0.3) is 0 Å². The molecule has 1 rings (SSSR count). The first-order chi connectivity index (χ1) is 9.02. The molecule has 0 bridgehead atoms. The molecular weight excluding hydrogens is 247 g/mol. The summed E-state index contributed by atoms with van der Waals surface area (Å²) in [4.78, 5) is 13.3. The van der Waals surface area contributed by atoms with Crippen molar-refractivity contribution in [1.29, 1.82) is 0 Å². The summed E-state index contributed by atoms with van der Waals surface area (Å²) in [7, 11) is 1.71. The Kier molecular flexibility index (Phi) is 6.29. The van der Waals surface area contributed by atoms with Crippen LogP contribution in [0.3, 0.4) is 0 Å². The van der Waals surface area contributed by atoms with Crippen LogP contribution < -0.4 is 10.5 Å². The summed E-state index contributed by atoms with van der Waals surface area (Å²) in [5, 5.41) is 0. The van der Waals surface area contributed by atoms with Gasteiger partial charge in [-0.3, -0.25) is 4.79 Å². The highest BCUT2D eigenvalue weighted by molar-refractivity contribution is 5.76. The number of ether oxygens (including phenoxy) is 1. The number of hydrogen-bond acceptors (Lipinski definition) is 3. The Labute approximate surface area is 113 Å². The van der Waals surface area contributed by atoms with Gasteiger partial charge in [0.25, 0.3) is 0 Å². The average molecular weight is 268 g/mol. The molecule has 0 saturated carbocycles. The van der Waals surface area contributed by atoms with Gasteiger partial charge in [0.15, 0.2) is 0 Å². The second kappa shape index (κ2) is 7.74. The van der Waals surface area contributed by atoms with Gasteiger partial charge in [-0.15, -0.1) is 0 Å². The molecule has 0 heterocycles. The molecule has 0 aliphatic carbocycles. The molecule has 5 heteroatoms. The zero-order valence-corrected chi connectivity index (χ0v) is 11.4. The number of amides is 1. The normalized spacial score (nSPS) is 12.0. The monoisotopic (exact) mass is 268 g/mol. The Morgan fingerprint density at radius 3 is 2.89 bits per heavy atom. The molecule has 2 N–H and O–H groups in total. The number of hydrogen-bond donors (Lipinski definition) is 1. The lowest BCUT2D eigenvalue weighted by atomic mass is 10.1. The van der Waals surface area contributed by atoms with Gasteiger partial charge in [0.1, 0.15) is 18.2 Å². The van der Waals surface area contributed by atoms with E-state index < -0.39 is 0 Å². The minimum Gasteiger partial charge on any atom is -0.492 e. The smallest absolute Gasteiger partial charge is 0.223 e. The van der Waals surface area contributed by atoms with Crippen molar-refractivity contribution >= 4 is 5.91 Å². The molecule has 106 valence electrons. The molecule has 1 aromatic carbocycles. The fourth-order valence-corrected chi connectivity index (χ4v) is 1.51. The fraction of sp³-hybridized carbons (Fsp3) is 0.500. The van der Waals surface area contributed by atoms with Crippen molar-refractivity contribution in [2.45, 2.75) is 25.8 Å². The highest BCUT2D eigenvalue weighted by atomic mass is 19.1. The van der Waals surface area contributed by atoms with Gasteiger partial charge >= 0.3 is 0 Å². The van der Waals surface area contributed by atoms with Crippen LogP contribution in [-0.4, -0.2) is 37.0 Å². The quantitative estimate of drug-likeness (QED) is 0.820. The molecular formula is C14H21FN2O2. The summed E-state index contributed by atoms with van der Waals surface area (Å²) in [6.07, 6.45) is 1.12. The summed E-state index contributed by atoms with van der Waals surface area (Å²) in [5.41, 5.74) is 5.73. The predicted molar refractivity (Wildman–Crippen MR) is 72.4 cm³/mol. The number of halogens is 1. The summed E-state index contributed by atoms with van der Waals surface area (Å²) < 4.78 is 18.3. The molecule has 0 spiro atoms.